The molecular formula is C34H24B2F8O2. The van der Waals surface area contributed by atoms with Crippen LogP contribution in [0.5, 0.6) is 0 Å². The minimum Gasteiger partial charge on any atom is -0.418 e. The maximum atomic E-state index is 9.75. The van der Waals surface area contributed by atoms with Gasteiger partial charge in [0.25, 0.3) is 0 Å². The highest BCUT2D eigenvalue weighted by Gasteiger charge is 2.25. The standard InChI is InChI=1S/C34H24O2.2BF4/c1-5-13-25(14-6-1)31-21-29(22-32(35-31)26-15-7-2-8-16-26)30-23-33(27-17-9-3-10-18-27)36-34(24-30)28-19-11-4-12-20-28;2*2-1(3,4)5/h1-24H;;/q+2;2*-1. The molecule has 0 saturated carbocycles. The highest BCUT2D eigenvalue weighted by atomic mass is 19.5. The van der Waals surface area contributed by atoms with E-state index in [2.05, 4.69) is 72.8 Å². The molecule has 0 radical (unpaired) electrons. The Kier molecular flexibility index (Phi) is 11.1. The average Bonchev–Trinajstić information content (AvgIpc) is 3.04. The fraction of sp³-hybridized carbons (Fsp3) is 0. The lowest BCUT2D eigenvalue weighted by Gasteiger charge is -2.03. The average molecular weight is 638 g/mol. The first-order chi connectivity index (χ1) is 21.8. The van der Waals surface area contributed by atoms with E-state index < -0.39 is 14.5 Å². The summed E-state index contributed by atoms with van der Waals surface area (Å²) in [6.45, 7) is 0. The lowest BCUT2D eigenvalue weighted by atomic mass is 9.99. The first-order valence-corrected chi connectivity index (χ1v) is 13.8. The van der Waals surface area contributed by atoms with Gasteiger partial charge in [-0.3, -0.25) is 0 Å². The van der Waals surface area contributed by atoms with Crippen LogP contribution in [-0.4, -0.2) is 14.5 Å². The molecule has 0 aliphatic heterocycles. The Balaban J connectivity index is 0.000000421. The molecule has 0 atom stereocenters. The van der Waals surface area contributed by atoms with E-state index >= 15 is 0 Å². The zero-order chi connectivity index (χ0) is 33.2. The van der Waals surface area contributed by atoms with Gasteiger partial charge in [-0.25, -0.2) is 8.83 Å². The molecule has 0 bridgehead atoms. The van der Waals surface area contributed by atoms with Gasteiger partial charge in [-0.2, -0.15) is 0 Å². The van der Waals surface area contributed by atoms with Crippen molar-refractivity contribution in [2.24, 2.45) is 0 Å². The fourth-order valence-corrected chi connectivity index (χ4v) is 4.32. The number of halogens is 8. The van der Waals surface area contributed by atoms with E-state index in [-0.39, 0.29) is 0 Å². The number of rotatable bonds is 5. The molecule has 4 aromatic carbocycles. The Morgan fingerprint density at radius 2 is 0.457 bits per heavy atom. The first kappa shape index (κ1) is 33.6. The van der Waals surface area contributed by atoms with Gasteiger partial charge in [0.15, 0.2) is 0 Å². The molecule has 2 heterocycles. The minimum atomic E-state index is -6.00. The van der Waals surface area contributed by atoms with Crippen LogP contribution in [0.2, 0.25) is 0 Å². The van der Waals surface area contributed by atoms with Gasteiger partial charge in [-0.1, -0.05) is 72.8 Å². The number of hydrogen-bond donors (Lipinski definition) is 0. The summed E-state index contributed by atoms with van der Waals surface area (Å²) in [5.41, 5.74) is 6.24. The van der Waals surface area contributed by atoms with E-state index in [0.29, 0.717) is 0 Å². The molecule has 2 aromatic heterocycles. The Morgan fingerprint density at radius 1 is 0.283 bits per heavy atom. The molecule has 6 rings (SSSR count). The summed E-state index contributed by atoms with van der Waals surface area (Å²) in [5, 5.41) is 0. The molecule has 0 amide bonds. The topological polar surface area (TPSA) is 22.6 Å². The van der Waals surface area contributed by atoms with E-state index in [1.807, 2.05) is 72.8 Å². The van der Waals surface area contributed by atoms with Gasteiger partial charge in [0, 0.05) is 11.1 Å². The van der Waals surface area contributed by atoms with E-state index in [1.54, 1.807) is 0 Å². The molecule has 234 valence electrons. The highest BCUT2D eigenvalue weighted by molar-refractivity contribution is 6.50. The van der Waals surface area contributed by atoms with E-state index in [1.165, 1.54) is 0 Å². The molecule has 0 N–H and O–H groups in total. The summed E-state index contributed by atoms with van der Waals surface area (Å²) in [6.07, 6.45) is 0. The van der Waals surface area contributed by atoms with Gasteiger partial charge in [0.1, 0.15) is 0 Å². The fourth-order valence-electron chi connectivity index (χ4n) is 4.32. The van der Waals surface area contributed by atoms with Crippen molar-refractivity contribution >= 4 is 14.5 Å². The van der Waals surface area contributed by atoms with Crippen molar-refractivity contribution in [3.05, 3.63) is 146 Å². The van der Waals surface area contributed by atoms with Crippen LogP contribution in [0.3, 0.4) is 0 Å². The van der Waals surface area contributed by atoms with Crippen molar-refractivity contribution in [3.63, 3.8) is 0 Å². The molecule has 0 fully saturated rings. The molecule has 6 aromatic rings. The van der Waals surface area contributed by atoms with Crippen molar-refractivity contribution in [2.45, 2.75) is 0 Å². The van der Waals surface area contributed by atoms with E-state index in [9.17, 15) is 34.5 Å². The van der Waals surface area contributed by atoms with Crippen molar-refractivity contribution < 1.29 is 43.4 Å². The van der Waals surface area contributed by atoms with Gasteiger partial charge < -0.3 is 34.5 Å². The predicted molar refractivity (Wildman–Crippen MR) is 167 cm³/mol. The number of benzene rings is 4. The Morgan fingerprint density at radius 3 is 0.630 bits per heavy atom. The largest absolute Gasteiger partial charge is 0.673 e. The number of hydrogen-bond acceptors (Lipinski definition) is 0. The third-order valence-electron chi connectivity index (χ3n) is 6.15. The summed E-state index contributed by atoms with van der Waals surface area (Å²) in [5.74, 6) is 3.26. The lowest BCUT2D eigenvalue weighted by molar-refractivity contribution is 0.366. The second kappa shape index (κ2) is 15.2. The lowest BCUT2D eigenvalue weighted by Crippen LogP contribution is -2.02. The molecular weight excluding hydrogens is 614 g/mol. The van der Waals surface area contributed by atoms with Crippen LogP contribution in [-0.2, 0) is 0 Å². The van der Waals surface area contributed by atoms with E-state index in [4.69, 9.17) is 8.83 Å². The third-order valence-corrected chi connectivity index (χ3v) is 6.15. The molecule has 46 heavy (non-hydrogen) atoms. The SMILES string of the molecule is F[B-](F)(F)F.F[B-](F)(F)F.c1ccc(-c2cc(-c3cc(-c4ccccc4)[o+]c(-c4ccccc4)c3)cc(-c3ccccc3)[o+]2)cc1. The van der Waals surface area contributed by atoms with Crippen molar-refractivity contribution in [3.8, 4) is 56.4 Å². The molecule has 0 aliphatic carbocycles. The van der Waals surface area contributed by atoms with Crippen molar-refractivity contribution in [2.75, 3.05) is 0 Å². The second-order valence-corrected chi connectivity index (χ2v) is 9.60. The quantitative estimate of drug-likeness (QED) is 0.107. The molecule has 0 saturated heterocycles. The maximum absolute atomic E-state index is 9.75. The normalized spacial score (nSPS) is 11.0. The highest BCUT2D eigenvalue weighted by Crippen LogP contribution is 2.37. The molecule has 0 spiro atoms. The second-order valence-electron chi connectivity index (χ2n) is 9.60. The summed E-state index contributed by atoms with van der Waals surface area (Å²) in [6, 6.07) is 49.3. The predicted octanol–water partition coefficient (Wildman–Crippen LogP) is 12.4. The van der Waals surface area contributed by atoms with Crippen molar-refractivity contribution in [1.29, 1.82) is 0 Å². The Bertz CT molecular complexity index is 1560. The van der Waals surface area contributed by atoms with Crippen LogP contribution in [0.25, 0.3) is 56.4 Å². The van der Waals surface area contributed by atoms with Gasteiger partial charge in [0.05, 0.1) is 46.5 Å². The van der Waals surface area contributed by atoms with Gasteiger partial charge in [-0.05, 0) is 48.5 Å². The van der Waals surface area contributed by atoms with Crippen LogP contribution >= 0.6 is 0 Å². The molecule has 2 nitrogen and oxygen atoms in total. The van der Waals surface area contributed by atoms with Crippen LogP contribution < -0.4 is 0 Å². The van der Waals surface area contributed by atoms with Crippen LogP contribution in [0.1, 0.15) is 0 Å². The maximum Gasteiger partial charge on any atom is 0.673 e. The summed E-state index contributed by atoms with van der Waals surface area (Å²) >= 11 is 0. The first-order valence-electron chi connectivity index (χ1n) is 13.8. The van der Waals surface area contributed by atoms with Crippen molar-refractivity contribution in [1.82, 2.24) is 0 Å². The van der Waals surface area contributed by atoms with Crippen LogP contribution in [0.4, 0.5) is 34.5 Å². The summed E-state index contributed by atoms with van der Waals surface area (Å²) in [4.78, 5) is 0. The monoisotopic (exact) mass is 638 g/mol. The van der Waals surface area contributed by atoms with Gasteiger partial charge in [0.2, 0.25) is 0 Å². The van der Waals surface area contributed by atoms with E-state index in [0.717, 1.165) is 56.4 Å². The smallest absolute Gasteiger partial charge is 0.418 e. The Labute approximate surface area is 259 Å². The third kappa shape index (κ3) is 11.0. The van der Waals surface area contributed by atoms with Gasteiger partial charge >= 0.3 is 37.5 Å². The molecule has 0 unspecified atom stereocenters. The summed E-state index contributed by atoms with van der Waals surface area (Å²) in [7, 11) is -12.0. The molecule has 0 aliphatic rings. The molecule has 12 heteroatoms. The zero-order valence-electron chi connectivity index (χ0n) is 23.9. The Hall–Kier alpha value is -5.25. The summed E-state index contributed by atoms with van der Waals surface area (Å²) < 4.78 is 90.8. The minimum absolute atomic E-state index is 0.815. The van der Waals surface area contributed by atoms with Crippen LogP contribution in [0.15, 0.2) is 154 Å². The van der Waals surface area contributed by atoms with Gasteiger partial charge in [-0.15, -0.1) is 0 Å². The zero-order valence-corrected chi connectivity index (χ0v) is 23.9. The van der Waals surface area contributed by atoms with Crippen LogP contribution in [0, 0.1) is 0 Å².